The van der Waals surface area contributed by atoms with Crippen LogP contribution in [0.5, 0.6) is 0 Å². The number of benzene rings is 1. The lowest BCUT2D eigenvalue weighted by molar-refractivity contribution is 0.629. The van der Waals surface area contributed by atoms with E-state index in [0.29, 0.717) is 11.3 Å². The van der Waals surface area contributed by atoms with Gasteiger partial charge in [-0.3, -0.25) is 0 Å². The van der Waals surface area contributed by atoms with Gasteiger partial charge in [0.25, 0.3) is 0 Å². The Morgan fingerprint density at radius 1 is 1.15 bits per heavy atom. The largest absolute Gasteiger partial charge is 0.238 e. The molecule has 0 unspecified atom stereocenters. The number of halogens is 1. The standard InChI is InChI=1S/C10H9FN2/c1-6-9-4-3-8(11)5-10(9)13-7(2)12-6/h3-5H,1-2H3. The molecule has 2 nitrogen and oxygen atoms in total. The van der Waals surface area contributed by atoms with E-state index in [0.717, 1.165) is 11.1 Å². The van der Waals surface area contributed by atoms with Crippen LogP contribution in [0, 0.1) is 19.7 Å². The third kappa shape index (κ3) is 1.37. The highest BCUT2D eigenvalue weighted by molar-refractivity contribution is 5.80. The minimum Gasteiger partial charge on any atom is -0.238 e. The summed E-state index contributed by atoms with van der Waals surface area (Å²) in [6.07, 6.45) is 0. The Morgan fingerprint density at radius 3 is 2.69 bits per heavy atom. The van der Waals surface area contributed by atoms with Crippen LogP contribution in [-0.2, 0) is 0 Å². The van der Waals surface area contributed by atoms with Crippen LogP contribution in [-0.4, -0.2) is 9.97 Å². The molecule has 66 valence electrons. The molecule has 0 aliphatic heterocycles. The molecule has 0 amide bonds. The summed E-state index contributed by atoms with van der Waals surface area (Å²) in [6, 6.07) is 4.56. The lowest BCUT2D eigenvalue weighted by Crippen LogP contribution is -1.93. The molecule has 0 radical (unpaired) electrons. The normalized spacial score (nSPS) is 10.7. The molecular formula is C10H9FN2. The first-order chi connectivity index (χ1) is 6.16. The molecule has 1 aromatic heterocycles. The molecule has 0 atom stereocenters. The van der Waals surface area contributed by atoms with Crippen LogP contribution < -0.4 is 0 Å². The summed E-state index contributed by atoms with van der Waals surface area (Å²) < 4.78 is 12.8. The topological polar surface area (TPSA) is 25.8 Å². The summed E-state index contributed by atoms with van der Waals surface area (Å²) >= 11 is 0. The van der Waals surface area contributed by atoms with E-state index in [-0.39, 0.29) is 5.82 Å². The Balaban J connectivity index is 2.86. The van der Waals surface area contributed by atoms with E-state index >= 15 is 0 Å². The van der Waals surface area contributed by atoms with Gasteiger partial charge in [-0.1, -0.05) is 0 Å². The monoisotopic (exact) mass is 176 g/mol. The highest BCUT2D eigenvalue weighted by Crippen LogP contribution is 2.15. The van der Waals surface area contributed by atoms with Crippen molar-refractivity contribution >= 4 is 10.9 Å². The first-order valence-electron chi connectivity index (χ1n) is 4.07. The van der Waals surface area contributed by atoms with Gasteiger partial charge in [0.1, 0.15) is 11.6 Å². The van der Waals surface area contributed by atoms with E-state index < -0.39 is 0 Å². The second kappa shape index (κ2) is 2.76. The molecule has 0 aliphatic rings. The minimum atomic E-state index is -0.259. The van der Waals surface area contributed by atoms with E-state index in [9.17, 15) is 4.39 Å². The van der Waals surface area contributed by atoms with E-state index in [2.05, 4.69) is 9.97 Å². The summed E-state index contributed by atoms with van der Waals surface area (Å²) in [5, 5.41) is 0.909. The highest BCUT2D eigenvalue weighted by atomic mass is 19.1. The van der Waals surface area contributed by atoms with Crippen LogP contribution in [0.1, 0.15) is 11.5 Å². The maximum absolute atomic E-state index is 12.8. The van der Waals surface area contributed by atoms with Crippen molar-refractivity contribution in [3.05, 3.63) is 35.5 Å². The maximum atomic E-state index is 12.8. The molecular weight excluding hydrogens is 167 g/mol. The lowest BCUT2D eigenvalue weighted by atomic mass is 10.2. The zero-order valence-electron chi connectivity index (χ0n) is 7.50. The molecule has 0 bridgehead atoms. The molecule has 2 rings (SSSR count). The minimum absolute atomic E-state index is 0.259. The molecule has 0 spiro atoms. The van der Waals surface area contributed by atoms with Crippen LogP contribution in [0.3, 0.4) is 0 Å². The van der Waals surface area contributed by atoms with Crippen molar-refractivity contribution in [3.8, 4) is 0 Å². The number of hydrogen-bond acceptors (Lipinski definition) is 2. The van der Waals surface area contributed by atoms with E-state index in [1.807, 2.05) is 6.92 Å². The van der Waals surface area contributed by atoms with Crippen LogP contribution >= 0.6 is 0 Å². The number of hydrogen-bond donors (Lipinski definition) is 0. The van der Waals surface area contributed by atoms with E-state index in [4.69, 9.17) is 0 Å². The van der Waals surface area contributed by atoms with Crippen molar-refractivity contribution in [2.24, 2.45) is 0 Å². The zero-order chi connectivity index (χ0) is 9.42. The number of aromatic nitrogens is 2. The quantitative estimate of drug-likeness (QED) is 0.616. The Morgan fingerprint density at radius 2 is 1.92 bits per heavy atom. The lowest BCUT2D eigenvalue weighted by Gasteiger charge is -2.01. The summed E-state index contributed by atoms with van der Waals surface area (Å²) in [7, 11) is 0. The molecule has 0 fully saturated rings. The molecule has 1 heterocycles. The number of rotatable bonds is 0. The molecule has 0 saturated heterocycles. The zero-order valence-corrected chi connectivity index (χ0v) is 7.50. The number of aryl methyl sites for hydroxylation is 2. The smallest absolute Gasteiger partial charge is 0.126 e. The van der Waals surface area contributed by atoms with Crippen molar-refractivity contribution in [2.75, 3.05) is 0 Å². The summed E-state index contributed by atoms with van der Waals surface area (Å²) in [4.78, 5) is 8.34. The van der Waals surface area contributed by atoms with Crippen molar-refractivity contribution in [1.29, 1.82) is 0 Å². The van der Waals surface area contributed by atoms with Gasteiger partial charge in [0.05, 0.1) is 5.52 Å². The Kier molecular flexibility index (Phi) is 1.72. The van der Waals surface area contributed by atoms with Gasteiger partial charge in [-0.25, -0.2) is 14.4 Å². The van der Waals surface area contributed by atoms with Crippen LogP contribution in [0.2, 0.25) is 0 Å². The van der Waals surface area contributed by atoms with E-state index in [1.165, 1.54) is 12.1 Å². The molecule has 3 heteroatoms. The maximum Gasteiger partial charge on any atom is 0.126 e. The van der Waals surface area contributed by atoms with E-state index in [1.54, 1.807) is 13.0 Å². The van der Waals surface area contributed by atoms with Crippen LogP contribution in [0.4, 0.5) is 4.39 Å². The summed E-state index contributed by atoms with van der Waals surface area (Å²) in [6.45, 7) is 3.70. The van der Waals surface area contributed by atoms with Crippen molar-refractivity contribution in [1.82, 2.24) is 9.97 Å². The number of nitrogens with zero attached hydrogens (tertiary/aromatic N) is 2. The Hall–Kier alpha value is -1.51. The van der Waals surface area contributed by atoms with Gasteiger partial charge in [-0.05, 0) is 26.0 Å². The molecule has 0 aliphatic carbocycles. The first kappa shape index (κ1) is 8.10. The number of fused-ring (bicyclic) bond motifs is 1. The van der Waals surface area contributed by atoms with Crippen molar-refractivity contribution in [2.45, 2.75) is 13.8 Å². The Labute approximate surface area is 75.4 Å². The van der Waals surface area contributed by atoms with Gasteiger partial charge in [-0.15, -0.1) is 0 Å². The van der Waals surface area contributed by atoms with Gasteiger partial charge in [-0.2, -0.15) is 0 Å². The first-order valence-corrected chi connectivity index (χ1v) is 4.07. The predicted octanol–water partition coefficient (Wildman–Crippen LogP) is 2.39. The fourth-order valence-corrected chi connectivity index (χ4v) is 1.41. The molecule has 0 N–H and O–H groups in total. The average molecular weight is 176 g/mol. The summed E-state index contributed by atoms with van der Waals surface area (Å²) in [5.74, 6) is 0.417. The fourth-order valence-electron chi connectivity index (χ4n) is 1.41. The second-order valence-corrected chi connectivity index (χ2v) is 3.02. The molecule has 1 aromatic carbocycles. The molecule has 13 heavy (non-hydrogen) atoms. The fraction of sp³-hybridized carbons (Fsp3) is 0.200. The second-order valence-electron chi connectivity index (χ2n) is 3.02. The predicted molar refractivity (Wildman–Crippen MR) is 49.0 cm³/mol. The van der Waals surface area contributed by atoms with Gasteiger partial charge in [0.15, 0.2) is 0 Å². The average Bonchev–Trinajstić information content (AvgIpc) is 2.02. The van der Waals surface area contributed by atoms with Gasteiger partial charge >= 0.3 is 0 Å². The van der Waals surface area contributed by atoms with Crippen LogP contribution in [0.15, 0.2) is 18.2 Å². The van der Waals surface area contributed by atoms with Crippen LogP contribution in [0.25, 0.3) is 10.9 Å². The third-order valence-electron chi connectivity index (χ3n) is 1.96. The highest BCUT2D eigenvalue weighted by Gasteiger charge is 2.02. The molecule has 0 saturated carbocycles. The van der Waals surface area contributed by atoms with Gasteiger partial charge < -0.3 is 0 Å². The van der Waals surface area contributed by atoms with Gasteiger partial charge in [0.2, 0.25) is 0 Å². The van der Waals surface area contributed by atoms with Crippen molar-refractivity contribution in [3.63, 3.8) is 0 Å². The Bertz CT molecular complexity index is 460. The molecule has 2 aromatic rings. The third-order valence-corrected chi connectivity index (χ3v) is 1.96. The SMILES string of the molecule is Cc1nc(C)c2ccc(F)cc2n1. The summed E-state index contributed by atoms with van der Waals surface area (Å²) in [5.41, 5.74) is 1.56. The van der Waals surface area contributed by atoms with Gasteiger partial charge in [0, 0.05) is 17.1 Å². The van der Waals surface area contributed by atoms with Crippen molar-refractivity contribution < 1.29 is 4.39 Å².